The van der Waals surface area contributed by atoms with E-state index in [1.807, 2.05) is 0 Å². The lowest BCUT2D eigenvalue weighted by Crippen LogP contribution is -2.44. The number of ketones is 1. The molecule has 1 unspecified atom stereocenters. The van der Waals surface area contributed by atoms with Gasteiger partial charge >= 0.3 is 5.97 Å². The monoisotopic (exact) mass is 312 g/mol. The molecule has 5 heteroatoms. The van der Waals surface area contributed by atoms with Gasteiger partial charge in [0.15, 0.2) is 5.78 Å². The largest absolute Gasteiger partial charge is 0.465 e. The van der Waals surface area contributed by atoms with Crippen molar-refractivity contribution in [2.24, 2.45) is 5.41 Å². The summed E-state index contributed by atoms with van der Waals surface area (Å²) in [7, 11) is 0. The fraction of sp³-hybridized carbons (Fsp3) is 0.500. The molecule has 21 heavy (non-hydrogen) atoms. The summed E-state index contributed by atoms with van der Waals surface area (Å²) in [6, 6.07) is 4.29. The van der Waals surface area contributed by atoms with Crippen molar-refractivity contribution in [1.29, 1.82) is 0 Å². The van der Waals surface area contributed by atoms with Crippen molar-refractivity contribution in [1.82, 2.24) is 0 Å². The van der Waals surface area contributed by atoms with Crippen LogP contribution in [0.1, 0.15) is 38.2 Å². The van der Waals surface area contributed by atoms with Crippen LogP contribution in [0.4, 0.5) is 4.39 Å². The fourth-order valence-corrected chi connectivity index (χ4v) is 2.98. The first kappa shape index (κ1) is 16.0. The zero-order valence-electron chi connectivity index (χ0n) is 12.0. The molecule has 2 rings (SSSR count). The van der Waals surface area contributed by atoms with E-state index in [-0.39, 0.29) is 23.8 Å². The van der Waals surface area contributed by atoms with Gasteiger partial charge in [0.05, 0.1) is 6.61 Å². The van der Waals surface area contributed by atoms with Crippen LogP contribution < -0.4 is 0 Å². The van der Waals surface area contributed by atoms with Gasteiger partial charge in [-0.05, 0) is 43.9 Å². The molecule has 1 saturated carbocycles. The second-order valence-corrected chi connectivity index (χ2v) is 5.78. The van der Waals surface area contributed by atoms with Crippen LogP contribution in [0, 0.1) is 11.2 Å². The van der Waals surface area contributed by atoms with E-state index in [2.05, 4.69) is 0 Å². The lowest BCUT2D eigenvalue weighted by Gasteiger charge is -2.33. The van der Waals surface area contributed by atoms with Crippen LogP contribution in [0.25, 0.3) is 0 Å². The second-order valence-electron chi connectivity index (χ2n) is 5.35. The number of rotatable bonds is 4. The van der Waals surface area contributed by atoms with Crippen LogP contribution in [-0.4, -0.2) is 18.4 Å². The molecule has 1 atom stereocenters. The van der Waals surface area contributed by atoms with E-state index in [0.29, 0.717) is 18.4 Å². The van der Waals surface area contributed by atoms with Gasteiger partial charge in [-0.25, -0.2) is 4.39 Å². The van der Waals surface area contributed by atoms with Crippen molar-refractivity contribution in [2.75, 3.05) is 6.61 Å². The van der Waals surface area contributed by atoms with Crippen molar-refractivity contribution in [3.63, 3.8) is 0 Å². The Balaban J connectivity index is 2.35. The number of carbonyl (C=O) groups excluding carboxylic acids is 2. The van der Waals surface area contributed by atoms with Crippen LogP contribution in [0.2, 0.25) is 5.02 Å². The van der Waals surface area contributed by atoms with Crippen molar-refractivity contribution in [3.05, 3.63) is 34.6 Å². The van der Waals surface area contributed by atoms with Gasteiger partial charge < -0.3 is 4.74 Å². The maximum Gasteiger partial charge on any atom is 0.319 e. The van der Waals surface area contributed by atoms with Crippen molar-refractivity contribution >= 4 is 23.4 Å². The molecule has 114 valence electrons. The van der Waals surface area contributed by atoms with E-state index in [1.54, 1.807) is 13.0 Å². The first-order valence-electron chi connectivity index (χ1n) is 7.14. The number of benzene rings is 1. The standard InChI is InChI=1S/C16H18ClFO3/c1-2-21-15(20)16(8-4-3-5-14(16)19)10-11-6-7-12(17)9-13(11)18/h6-7,9H,2-5,8,10H2,1H3. The number of Topliss-reactive ketones (excluding diaryl/α,β-unsaturated/α-hetero) is 1. The maximum atomic E-state index is 14.0. The van der Waals surface area contributed by atoms with Crippen LogP contribution in [-0.2, 0) is 20.7 Å². The van der Waals surface area contributed by atoms with Crippen LogP contribution in [0.3, 0.4) is 0 Å². The summed E-state index contributed by atoms with van der Waals surface area (Å²) in [4.78, 5) is 24.7. The summed E-state index contributed by atoms with van der Waals surface area (Å²) in [6.07, 6.45) is 2.32. The van der Waals surface area contributed by atoms with Gasteiger partial charge in [-0.3, -0.25) is 9.59 Å². The van der Waals surface area contributed by atoms with E-state index < -0.39 is 17.2 Å². The molecule has 3 nitrogen and oxygen atoms in total. The number of esters is 1. The SMILES string of the molecule is CCOC(=O)C1(Cc2ccc(Cl)cc2F)CCCCC1=O. The molecule has 0 amide bonds. The third-order valence-corrected chi connectivity index (χ3v) is 4.20. The summed E-state index contributed by atoms with van der Waals surface area (Å²) in [6.45, 7) is 1.90. The lowest BCUT2D eigenvalue weighted by atomic mass is 9.69. The van der Waals surface area contributed by atoms with Gasteiger partial charge in [0.1, 0.15) is 11.2 Å². The average Bonchev–Trinajstić information content (AvgIpc) is 2.44. The van der Waals surface area contributed by atoms with Crippen molar-refractivity contribution < 1.29 is 18.7 Å². The molecule has 0 N–H and O–H groups in total. The van der Waals surface area contributed by atoms with Crippen molar-refractivity contribution in [3.8, 4) is 0 Å². The highest BCUT2D eigenvalue weighted by Crippen LogP contribution is 2.38. The highest BCUT2D eigenvalue weighted by atomic mass is 35.5. The number of carbonyl (C=O) groups is 2. The molecule has 1 fully saturated rings. The Labute approximate surface area is 128 Å². The maximum absolute atomic E-state index is 14.0. The predicted molar refractivity (Wildman–Crippen MR) is 77.7 cm³/mol. The summed E-state index contributed by atoms with van der Waals surface area (Å²) in [5, 5.41) is 0.288. The van der Waals surface area contributed by atoms with E-state index in [1.165, 1.54) is 12.1 Å². The normalized spacial score (nSPS) is 22.1. The highest BCUT2D eigenvalue weighted by molar-refractivity contribution is 6.30. The molecular formula is C16H18ClFO3. The number of ether oxygens (including phenoxy) is 1. The van der Waals surface area contributed by atoms with Gasteiger partial charge in [0.2, 0.25) is 0 Å². The summed E-state index contributed by atoms with van der Waals surface area (Å²) < 4.78 is 19.1. The van der Waals surface area contributed by atoms with E-state index >= 15 is 0 Å². The van der Waals surface area contributed by atoms with Crippen LogP contribution in [0.15, 0.2) is 18.2 Å². The summed E-state index contributed by atoms with van der Waals surface area (Å²) in [5.41, 5.74) is -0.925. The Bertz CT molecular complexity index is 558. The second kappa shape index (κ2) is 6.56. The average molecular weight is 313 g/mol. The lowest BCUT2D eigenvalue weighted by molar-refractivity contribution is -0.162. The van der Waals surface area contributed by atoms with Crippen molar-refractivity contribution in [2.45, 2.75) is 39.0 Å². The molecule has 0 radical (unpaired) electrons. The molecule has 1 aromatic carbocycles. The molecular weight excluding hydrogens is 295 g/mol. The van der Waals surface area contributed by atoms with Crippen LogP contribution >= 0.6 is 11.6 Å². The van der Waals surface area contributed by atoms with E-state index in [9.17, 15) is 14.0 Å². The van der Waals surface area contributed by atoms with Gasteiger partial charge in [-0.15, -0.1) is 0 Å². The third-order valence-electron chi connectivity index (χ3n) is 3.96. The molecule has 0 aromatic heterocycles. The van der Waals surface area contributed by atoms with E-state index in [4.69, 9.17) is 16.3 Å². The molecule has 0 aliphatic heterocycles. The number of hydrogen-bond donors (Lipinski definition) is 0. The first-order chi connectivity index (χ1) is 9.99. The Kier molecular flexibility index (Phi) is 4.99. The fourth-order valence-electron chi connectivity index (χ4n) is 2.83. The molecule has 1 aliphatic rings. The Morgan fingerprint density at radius 2 is 2.19 bits per heavy atom. The van der Waals surface area contributed by atoms with Gasteiger partial charge in [-0.2, -0.15) is 0 Å². The zero-order chi connectivity index (χ0) is 15.5. The Morgan fingerprint density at radius 1 is 1.43 bits per heavy atom. The summed E-state index contributed by atoms with van der Waals surface area (Å²) in [5.74, 6) is -1.19. The molecule has 0 bridgehead atoms. The predicted octanol–water partition coefficient (Wildman–Crippen LogP) is 3.71. The third kappa shape index (κ3) is 3.26. The zero-order valence-corrected chi connectivity index (χ0v) is 12.7. The topological polar surface area (TPSA) is 43.4 Å². The molecule has 0 heterocycles. The van der Waals surface area contributed by atoms with Gasteiger partial charge in [0, 0.05) is 11.4 Å². The number of halogens is 2. The van der Waals surface area contributed by atoms with Gasteiger partial charge in [0.25, 0.3) is 0 Å². The highest BCUT2D eigenvalue weighted by Gasteiger charge is 2.48. The molecule has 0 saturated heterocycles. The molecule has 0 spiro atoms. The Hall–Kier alpha value is -1.42. The minimum atomic E-state index is -1.25. The smallest absolute Gasteiger partial charge is 0.319 e. The van der Waals surface area contributed by atoms with E-state index in [0.717, 1.165) is 12.8 Å². The summed E-state index contributed by atoms with van der Waals surface area (Å²) >= 11 is 5.74. The minimum absolute atomic E-state index is 0.0354. The molecule has 1 aromatic rings. The van der Waals surface area contributed by atoms with Crippen LogP contribution in [0.5, 0.6) is 0 Å². The first-order valence-corrected chi connectivity index (χ1v) is 7.52. The quantitative estimate of drug-likeness (QED) is 0.628. The molecule has 1 aliphatic carbocycles. The number of hydrogen-bond acceptors (Lipinski definition) is 3. The minimum Gasteiger partial charge on any atom is -0.465 e. The Morgan fingerprint density at radius 3 is 2.81 bits per heavy atom. The van der Waals surface area contributed by atoms with Gasteiger partial charge in [-0.1, -0.05) is 24.1 Å².